The zero-order valence-electron chi connectivity index (χ0n) is 43.0. The van der Waals surface area contributed by atoms with Gasteiger partial charge in [0.15, 0.2) is 0 Å². The van der Waals surface area contributed by atoms with E-state index in [4.69, 9.17) is 0 Å². The van der Waals surface area contributed by atoms with Crippen LogP contribution in [0.25, 0.3) is 83.5 Å². The molecule has 0 saturated carbocycles. The van der Waals surface area contributed by atoms with Crippen LogP contribution in [-0.4, -0.2) is 13.1 Å². The number of benzene rings is 10. The average molecular weight is 942 g/mol. The Kier molecular flexibility index (Phi) is 14.4. The van der Waals surface area contributed by atoms with Crippen molar-refractivity contribution in [2.75, 3.05) is 11.9 Å². The van der Waals surface area contributed by atoms with Gasteiger partial charge in [0.05, 0.1) is 6.04 Å². The minimum absolute atomic E-state index is 0.389. The van der Waals surface area contributed by atoms with Gasteiger partial charge in [-0.2, -0.15) is 0 Å². The number of hydrogen-bond donors (Lipinski definition) is 0. The molecule has 73 heavy (non-hydrogen) atoms. The molecule has 2 aliphatic rings. The molecule has 12 rings (SSSR count). The second-order valence-corrected chi connectivity index (χ2v) is 19.6. The molecule has 1 unspecified atom stereocenters. The van der Waals surface area contributed by atoms with Crippen molar-refractivity contribution >= 4 is 11.3 Å². The third kappa shape index (κ3) is 10.9. The molecule has 10 aromatic rings. The number of aryl methyl sites for hydroxylation is 3. The summed E-state index contributed by atoms with van der Waals surface area (Å²) in [5, 5.41) is 0. The molecule has 1 aliphatic heterocycles. The van der Waals surface area contributed by atoms with E-state index >= 15 is 0 Å². The monoisotopic (exact) mass is 941 g/mol. The molecule has 0 saturated heterocycles. The largest absolute Gasteiger partial charge is 0.367 e. The topological polar surface area (TPSA) is 3.24 Å². The van der Waals surface area contributed by atoms with Gasteiger partial charge in [0.1, 0.15) is 0 Å². The minimum atomic E-state index is 0.389. The van der Waals surface area contributed by atoms with E-state index in [-0.39, 0.29) is 0 Å². The first kappa shape index (κ1) is 48.1. The van der Waals surface area contributed by atoms with Gasteiger partial charge in [0.2, 0.25) is 0 Å². The number of likely N-dealkylation sites (N-methyl/N-ethyl adjacent to an activating group) is 1. The highest BCUT2D eigenvalue weighted by Gasteiger charge is 2.28. The summed E-state index contributed by atoms with van der Waals surface area (Å²) >= 11 is 0. The van der Waals surface area contributed by atoms with Gasteiger partial charge in [-0.25, -0.2) is 0 Å². The van der Waals surface area contributed by atoms with Crippen LogP contribution in [-0.2, 0) is 6.42 Å². The molecule has 0 aromatic heterocycles. The molecule has 1 heterocycles. The first-order valence-corrected chi connectivity index (χ1v) is 25.7. The minimum Gasteiger partial charge on any atom is -0.367 e. The number of rotatable bonds is 7. The third-order valence-corrected chi connectivity index (χ3v) is 14.5. The number of allylic oxidation sites excluding steroid dienone is 3. The van der Waals surface area contributed by atoms with Crippen LogP contribution in [0.5, 0.6) is 0 Å². The second kappa shape index (κ2) is 21.9. The van der Waals surface area contributed by atoms with Crippen molar-refractivity contribution in [3.63, 3.8) is 0 Å². The average Bonchev–Trinajstić information content (AvgIpc) is 3.93. The Morgan fingerprint density at radius 2 is 0.726 bits per heavy atom. The molecular weight excluding hydrogens is 879 g/mol. The lowest BCUT2D eigenvalue weighted by Gasteiger charge is -2.18. The van der Waals surface area contributed by atoms with Crippen LogP contribution < -0.4 is 4.90 Å². The fourth-order valence-corrected chi connectivity index (χ4v) is 10.1. The number of hydrogen-bond acceptors (Lipinski definition) is 1. The second-order valence-electron chi connectivity index (χ2n) is 19.6. The van der Waals surface area contributed by atoms with Gasteiger partial charge in [0.25, 0.3) is 0 Å². The predicted octanol–water partition coefficient (Wildman–Crippen LogP) is 19.4. The molecule has 0 N–H and O–H groups in total. The van der Waals surface area contributed by atoms with Crippen molar-refractivity contribution < 1.29 is 0 Å². The SMILES string of the molecule is C/C=C\C=C1\c2cc(-c3cccc(-c4ccc(C)cc4)c3)ccc2N(C)C1C.Cc1ccc(-c2ccc(-c3ccccc3)cc2)cc1.Cc1ccc(-c2cccc(-c3ccc4c(c3)-c3ccccc3C4)c2)cc1. The maximum atomic E-state index is 2.36. The molecule has 1 atom stereocenters. The van der Waals surface area contributed by atoms with Gasteiger partial charge in [-0.3, -0.25) is 0 Å². The van der Waals surface area contributed by atoms with E-state index in [2.05, 4.69) is 295 Å². The number of fused-ring (bicyclic) bond motifs is 4. The van der Waals surface area contributed by atoms with Crippen molar-refractivity contribution in [3.05, 3.63) is 288 Å². The Balaban J connectivity index is 0.000000128. The van der Waals surface area contributed by atoms with Crippen LogP contribution in [0.1, 0.15) is 47.2 Å². The molecule has 10 aromatic carbocycles. The van der Waals surface area contributed by atoms with E-state index in [0.717, 1.165) is 6.42 Å². The van der Waals surface area contributed by atoms with Gasteiger partial charge in [-0.15, -0.1) is 0 Å². The zero-order chi connectivity index (χ0) is 50.3. The summed E-state index contributed by atoms with van der Waals surface area (Å²) in [5.41, 5.74) is 28.7. The third-order valence-electron chi connectivity index (χ3n) is 14.5. The molecule has 1 aliphatic carbocycles. The summed E-state index contributed by atoms with van der Waals surface area (Å²) in [6.07, 6.45) is 7.53. The van der Waals surface area contributed by atoms with E-state index in [1.54, 1.807) is 0 Å². The Labute approximate surface area is 434 Å². The molecule has 0 radical (unpaired) electrons. The molecule has 0 spiro atoms. The fraction of sp³-hybridized carbons (Fsp3) is 0.111. The highest BCUT2D eigenvalue weighted by Crippen LogP contribution is 2.42. The van der Waals surface area contributed by atoms with Gasteiger partial charge in [-0.05, 0) is 166 Å². The van der Waals surface area contributed by atoms with E-state index in [0.29, 0.717) is 6.04 Å². The van der Waals surface area contributed by atoms with Crippen LogP contribution in [0.15, 0.2) is 255 Å². The molecular formula is C72H63N. The van der Waals surface area contributed by atoms with Crippen molar-refractivity contribution in [2.45, 2.75) is 47.1 Å². The first-order valence-electron chi connectivity index (χ1n) is 25.7. The Morgan fingerprint density at radius 3 is 1.25 bits per heavy atom. The van der Waals surface area contributed by atoms with Crippen molar-refractivity contribution in [2.24, 2.45) is 0 Å². The Bertz CT molecular complexity index is 3560. The smallest absolute Gasteiger partial charge is 0.0517 e. The van der Waals surface area contributed by atoms with Crippen molar-refractivity contribution in [3.8, 4) is 77.9 Å². The van der Waals surface area contributed by atoms with Gasteiger partial charge >= 0.3 is 0 Å². The standard InChI is InChI=1S/C27H27N.C26H20.C19H16/c1-5-6-10-25-20(3)28(4)27-16-15-24(18-26(25)27)23-9-7-8-22(17-23)21-13-11-19(2)12-14-21;1-18-9-11-19(12-10-18)20-6-4-7-21(15-20)22-13-14-24-16-23-5-2-3-8-25(23)26(24)17-22;1-15-7-9-17(10-8-15)19-13-11-18(12-14-19)16-5-3-2-4-6-16/h5-18,20H,1-4H3;2-15,17H,16H2,1H3;2-14H,1H3/b6-5-,25-10+;;. The van der Waals surface area contributed by atoms with Crippen LogP contribution in [0, 0.1) is 20.8 Å². The quantitative estimate of drug-likeness (QED) is 0.154. The molecule has 0 fully saturated rings. The van der Waals surface area contributed by atoms with Gasteiger partial charge < -0.3 is 4.90 Å². The summed E-state index contributed by atoms with van der Waals surface area (Å²) in [6.45, 7) is 10.7. The molecule has 1 nitrogen and oxygen atoms in total. The highest BCUT2D eigenvalue weighted by molar-refractivity contribution is 5.91. The Hall–Kier alpha value is -8.52. The lowest BCUT2D eigenvalue weighted by Crippen LogP contribution is -2.23. The lowest BCUT2D eigenvalue weighted by atomic mass is 9.95. The van der Waals surface area contributed by atoms with Gasteiger partial charge in [-0.1, -0.05) is 241 Å². The molecule has 1 heteroatoms. The maximum Gasteiger partial charge on any atom is 0.0517 e. The lowest BCUT2D eigenvalue weighted by molar-refractivity contribution is 0.872. The van der Waals surface area contributed by atoms with Gasteiger partial charge in [0, 0.05) is 18.3 Å². The van der Waals surface area contributed by atoms with E-state index in [1.165, 1.54) is 123 Å². The molecule has 0 amide bonds. The van der Waals surface area contributed by atoms with E-state index in [9.17, 15) is 0 Å². The van der Waals surface area contributed by atoms with Crippen LogP contribution in [0.4, 0.5) is 5.69 Å². The zero-order valence-corrected chi connectivity index (χ0v) is 43.0. The summed E-state index contributed by atoms with van der Waals surface area (Å²) in [7, 11) is 2.18. The van der Waals surface area contributed by atoms with E-state index < -0.39 is 0 Å². The summed E-state index contributed by atoms with van der Waals surface area (Å²) < 4.78 is 0. The normalized spacial score (nSPS) is 13.6. The molecule has 0 bridgehead atoms. The molecule has 356 valence electrons. The first-order chi connectivity index (χ1) is 35.7. The summed E-state index contributed by atoms with van der Waals surface area (Å²) in [5.74, 6) is 0. The van der Waals surface area contributed by atoms with E-state index in [1.807, 2.05) is 6.07 Å². The van der Waals surface area contributed by atoms with Crippen molar-refractivity contribution in [1.29, 1.82) is 0 Å². The fourth-order valence-electron chi connectivity index (χ4n) is 10.1. The van der Waals surface area contributed by atoms with Crippen LogP contribution in [0.3, 0.4) is 0 Å². The number of anilines is 1. The Morgan fingerprint density at radius 1 is 0.356 bits per heavy atom. The summed E-state index contributed by atoms with van der Waals surface area (Å²) in [4.78, 5) is 2.36. The van der Waals surface area contributed by atoms with Crippen LogP contribution in [0.2, 0.25) is 0 Å². The predicted molar refractivity (Wildman–Crippen MR) is 315 cm³/mol. The summed E-state index contributed by atoms with van der Waals surface area (Å²) in [6, 6.07) is 86.0. The van der Waals surface area contributed by atoms with Crippen LogP contribution >= 0.6 is 0 Å². The van der Waals surface area contributed by atoms with Crippen molar-refractivity contribution in [1.82, 2.24) is 0 Å². The highest BCUT2D eigenvalue weighted by atomic mass is 15.2. The number of nitrogens with zero attached hydrogens (tertiary/aromatic N) is 1. The maximum absolute atomic E-state index is 2.36.